The van der Waals surface area contributed by atoms with Crippen LogP contribution in [0, 0.1) is 12.8 Å². The van der Waals surface area contributed by atoms with Crippen molar-refractivity contribution < 1.29 is 9.53 Å². The van der Waals surface area contributed by atoms with E-state index >= 15 is 0 Å². The lowest BCUT2D eigenvalue weighted by atomic mass is 9.97. The van der Waals surface area contributed by atoms with Crippen molar-refractivity contribution in [2.24, 2.45) is 5.92 Å². The number of amides is 1. The fourth-order valence-corrected chi connectivity index (χ4v) is 2.89. The zero-order valence-electron chi connectivity index (χ0n) is 14.5. The smallest absolute Gasteiger partial charge is 0.223 e. The summed E-state index contributed by atoms with van der Waals surface area (Å²) in [5.74, 6) is 1.85. The Morgan fingerprint density at radius 1 is 1.12 bits per heavy atom. The highest BCUT2D eigenvalue weighted by molar-refractivity contribution is 5.85. The number of benzene rings is 2. The molecule has 2 aromatic carbocycles. The lowest BCUT2D eigenvalue weighted by molar-refractivity contribution is -0.125. The van der Waals surface area contributed by atoms with Crippen LogP contribution in [0.3, 0.4) is 0 Å². The molecule has 0 atom stereocenters. The summed E-state index contributed by atoms with van der Waals surface area (Å²) >= 11 is 0. The molecular weight excluding hydrogens is 336 g/mol. The highest BCUT2D eigenvalue weighted by Crippen LogP contribution is 2.25. The van der Waals surface area contributed by atoms with Gasteiger partial charge < -0.3 is 15.4 Å². The van der Waals surface area contributed by atoms with Gasteiger partial charge in [-0.3, -0.25) is 4.79 Å². The normalized spacial score (nSPS) is 14.4. The molecule has 0 saturated carbocycles. The summed E-state index contributed by atoms with van der Waals surface area (Å²) in [6.07, 6.45) is 1.82. The minimum atomic E-state index is 0. The minimum Gasteiger partial charge on any atom is -0.457 e. The van der Waals surface area contributed by atoms with Gasteiger partial charge in [0.1, 0.15) is 11.5 Å². The van der Waals surface area contributed by atoms with Crippen LogP contribution in [0.4, 0.5) is 0 Å². The molecule has 1 aliphatic heterocycles. The van der Waals surface area contributed by atoms with Crippen molar-refractivity contribution in [3.63, 3.8) is 0 Å². The molecular formula is C20H25ClN2O2. The molecule has 134 valence electrons. The molecule has 0 unspecified atom stereocenters. The molecule has 1 saturated heterocycles. The number of hydrogen-bond donors (Lipinski definition) is 2. The molecule has 1 aliphatic rings. The van der Waals surface area contributed by atoms with Crippen LogP contribution in [0.1, 0.15) is 24.0 Å². The second-order valence-corrected chi connectivity index (χ2v) is 6.26. The third-order valence-corrected chi connectivity index (χ3v) is 4.38. The molecule has 0 radical (unpaired) electrons. The Bertz CT molecular complexity index is 682. The molecule has 1 heterocycles. The second kappa shape index (κ2) is 9.44. The Hall–Kier alpha value is -2.04. The van der Waals surface area contributed by atoms with Crippen LogP contribution in [0.2, 0.25) is 0 Å². The van der Waals surface area contributed by atoms with E-state index in [0.29, 0.717) is 6.54 Å². The van der Waals surface area contributed by atoms with Crippen LogP contribution >= 0.6 is 12.4 Å². The highest BCUT2D eigenvalue weighted by atomic mass is 35.5. The largest absolute Gasteiger partial charge is 0.457 e. The number of hydrogen-bond acceptors (Lipinski definition) is 3. The number of ether oxygens (including phenoxy) is 1. The van der Waals surface area contributed by atoms with Gasteiger partial charge in [0.05, 0.1) is 0 Å². The Morgan fingerprint density at radius 2 is 1.80 bits per heavy atom. The molecule has 1 fully saturated rings. The molecule has 4 nitrogen and oxygen atoms in total. The van der Waals surface area contributed by atoms with Crippen molar-refractivity contribution in [3.05, 3.63) is 59.7 Å². The van der Waals surface area contributed by atoms with Crippen LogP contribution < -0.4 is 15.4 Å². The van der Waals surface area contributed by atoms with Crippen molar-refractivity contribution in [3.8, 4) is 11.5 Å². The van der Waals surface area contributed by atoms with E-state index in [2.05, 4.69) is 10.6 Å². The fourth-order valence-electron chi connectivity index (χ4n) is 2.89. The lowest BCUT2D eigenvalue weighted by Gasteiger charge is -2.22. The number of piperidine rings is 1. The number of carbonyl (C=O) groups excluding carboxylic acids is 1. The summed E-state index contributed by atoms with van der Waals surface area (Å²) in [5.41, 5.74) is 2.19. The molecule has 0 bridgehead atoms. The van der Waals surface area contributed by atoms with Crippen molar-refractivity contribution in [1.82, 2.24) is 10.6 Å². The van der Waals surface area contributed by atoms with Crippen molar-refractivity contribution in [2.75, 3.05) is 13.1 Å². The van der Waals surface area contributed by atoms with Gasteiger partial charge in [0.25, 0.3) is 0 Å². The number of nitrogens with one attached hydrogen (secondary N) is 2. The third kappa shape index (κ3) is 5.48. The SMILES string of the molecule is Cc1ccc(Oc2ccccc2CNC(=O)C2CCNCC2)cc1.Cl. The van der Waals surface area contributed by atoms with Gasteiger partial charge in [0.2, 0.25) is 5.91 Å². The van der Waals surface area contributed by atoms with Crippen LogP contribution in [-0.4, -0.2) is 19.0 Å². The van der Waals surface area contributed by atoms with Gasteiger partial charge in [-0.2, -0.15) is 0 Å². The van der Waals surface area contributed by atoms with E-state index < -0.39 is 0 Å². The number of rotatable bonds is 5. The van der Waals surface area contributed by atoms with Gasteiger partial charge >= 0.3 is 0 Å². The number of aryl methyl sites for hydroxylation is 1. The lowest BCUT2D eigenvalue weighted by Crippen LogP contribution is -2.37. The molecule has 0 spiro atoms. The van der Waals surface area contributed by atoms with E-state index in [0.717, 1.165) is 43.0 Å². The highest BCUT2D eigenvalue weighted by Gasteiger charge is 2.20. The maximum absolute atomic E-state index is 12.3. The van der Waals surface area contributed by atoms with Gasteiger partial charge in [-0.25, -0.2) is 0 Å². The van der Waals surface area contributed by atoms with E-state index in [9.17, 15) is 4.79 Å². The zero-order valence-corrected chi connectivity index (χ0v) is 15.3. The molecule has 2 aromatic rings. The standard InChI is InChI=1S/C20H24N2O2.ClH/c1-15-6-8-18(9-7-15)24-19-5-3-2-4-17(19)14-22-20(23)16-10-12-21-13-11-16;/h2-9,16,21H,10-14H2,1H3,(H,22,23);1H. The summed E-state index contributed by atoms with van der Waals surface area (Å²) in [7, 11) is 0. The van der Waals surface area contributed by atoms with E-state index in [1.165, 1.54) is 5.56 Å². The van der Waals surface area contributed by atoms with Gasteiger partial charge in [-0.1, -0.05) is 35.9 Å². The molecule has 5 heteroatoms. The predicted molar refractivity (Wildman–Crippen MR) is 102 cm³/mol. The van der Waals surface area contributed by atoms with Crippen LogP contribution in [0.5, 0.6) is 11.5 Å². The molecule has 25 heavy (non-hydrogen) atoms. The third-order valence-electron chi connectivity index (χ3n) is 4.38. The van der Waals surface area contributed by atoms with E-state index in [1.807, 2.05) is 55.5 Å². The first-order valence-electron chi connectivity index (χ1n) is 8.53. The topological polar surface area (TPSA) is 50.4 Å². The van der Waals surface area contributed by atoms with E-state index in [-0.39, 0.29) is 24.2 Å². The number of carbonyl (C=O) groups is 1. The summed E-state index contributed by atoms with van der Waals surface area (Å²) in [4.78, 5) is 12.3. The first-order valence-corrected chi connectivity index (χ1v) is 8.53. The molecule has 3 rings (SSSR count). The second-order valence-electron chi connectivity index (χ2n) is 6.26. The first kappa shape index (κ1) is 19.3. The minimum absolute atomic E-state index is 0. The van der Waals surface area contributed by atoms with Crippen molar-refractivity contribution >= 4 is 18.3 Å². The fraction of sp³-hybridized carbons (Fsp3) is 0.350. The first-order chi connectivity index (χ1) is 11.7. The average Bonchev–Trinajstić information content (AvgIpc) is 2.63. The van der Waals surface area contributed by atoms with Gasteiger partial charge in [0, 0.05) is 18.0 Å². The summed E-state index contributed by atoms with van der Waals surface area (Å²) in [5, 5.41) is 6.34. The summed E-state index contributed by atoms with van der Waals surface area (Å²) in [6.45, 7) is 4.38. The number of para-hydroxylation sites is 1. The Balaban J connectivity index is 0.00000225. The van der Waals surface area contributed by atoms with E-state index in [1.54, 1.807) is 0 Å². The van der Waals surface area contributed by atoms with Gasteiger partial charge in [0.15, 0.2) is 0 Å². The number of halogens is 1. The van der Waals surface area contributed by atoms with Crippen LogP contribution in [0.15, 0.2) is 48.5 Å². The molecule has 1 amide bonds. The monoisotopic (exact) mass is 360 g/mol. The average molecular weight is 361 g/mol. The van der Waals surface area contributed by atoms with E-state index in [4.69, 9.17) is 4.74 Å². The molecule has 0 aliphatic carbocycles. The van der Waals surface area contributed by atoms with Gasteiger partial charge in [-0.15, -0.1) is 12.4 Å². The Morgan fingerprint density at radius 3 is 2.52 bits per heavy atom. The zero-order chi connectivity index (χ0) is 16.8. The molecule has 0 aromatic heterocycles. The van der Waals surface area contributed by atoms with Gasteiger partial charge in [-0.05, 0) is 51.1 Å². The van der Waals surface area contributed by atoms with Crippen molar-refractivity contribution in [2.45, 2.75) is 26.3 Å². The Labute approximate surface area is 155 Å². The quantitative estimate of drug-likeness (QED) is 0.852. The predicted octanol–water partition coefficient (Wildman–Crippen LogP) is 3.82. The van der Waals surface area contributed by atoms with Crippen molar-refractivity contribution in [1.29, 1.82) is 0 Å². The van der Waals surface area contributed by atoms with Crippen LogP contribution in [0.25, 0.3) is 0 Å². The maximum atomic E-state index is 12.3. The van der Waals surface area contributed by atoms with Crippen LogP contribution in [-0.2, 0) is 11.3 Å². The summed E-state index contributed by atoms with van der Waals surface area (Å²) < 4.78 is 5.98. The maximum Gasteiger partial charge on any atom is 0.223 e. The summed E-state index contributed by atoms with van der Waals surface area (Å²) in [6, 6.07) is 15.8. The molecule has 2 N–H and O–H groups in total. The Kier molecular flexibility index (Phi) is 7.29.